The van der Waals surface area contributed by atoms with Crippen LogP contribution in [-0.2, 0) is 4.79 Å². The third kappa shape index (κ3) is 1.33. The fraction of sp³-hybridized carbons (Fsp3) is 0. The van der Waals surface area contributed by atoms with Gasteiger partial charge in [0.2, 0.25) is 6.08 Å². The zero-order valence-corrected chi connectivity index (χ0v) is 7.17. The van der Waals surface area contributed by atoms with Crippen LogP contribution in [0.3, 0.4) is 0 Å². The van der Waals surface area contributed by atoms with E-state index in [-0.39, 0.29) is 0 Å². The van der Waals surface area contributed by atoms with Gasteiger partial charge < -0.3 is 4.98 Å². The summed E-state index contributed by atoms with van der Waals surface area (Å²) < 4.78 is 0. The monoisotopic (exact) mass is 193 g/mol. The maximum Gasteiger partial charge on any atom is 0.240 e. The van der Waals surface area contributed by atoms with Crippen LogP contribution in [0.4, 0.5) is 5.69 Å². The van der Waals surface area contributed by atoms with E-state index < -0.39 is 0 Å². The van der Waals surface area contributed by atoms with Crippen molar-refractivity contribution in [3.8, 4) is 0 Å². The predicted octanol–water partition coefficient (Wildman–Crippen LogP) is 2.18. The van der Waals surface area contributed by atoms with Gasteiger partial charge in [0.25, 0.3) is 0 Å². The zero-order chi connectivity index (χ0) is 9.26. The Kier molecular flexibility index (Phi) is 1.85. The van der Waals surface area contributed by atoms with Gasteiger partial charge in [0.05, 0.1) is 5.02 Å². The zero-order valence-electron chi connectivity index (χ0n) is 6.41. The van der Waals surface area contributed by atoms with Gasteiger partial charge in [0, 0.05) is 17.8 Å². The SMILES string of the molecule is O=C=Nc1c[nH]c2ncc(Cl)cc12. The molecule has 0 aliphatic heterocycles. The Morgan fingerprint density at radius 2 is 2.46 bits per heavy atom. The molecule has 0 aliphatic carbocycles. The number of aromatic nitrogens is 2. The normalized spacial score (nSPS) is 9.92. The van der Waals surface area contributed by atoms with Crippen LogP contribution in [0.15, 0.2) is 23.5 Å². The third-order valence-corrected chi connectivity index (χ3v) is 1.85. The molecule has 0 fully saturated rings. The summed E-state index contributed by atoms with van der Waals surface area (Å²) >= 11 is 5.73. The van der Waals surface area contributed by atoms with Crippen molar-refractivity contribution in [1.29, 1.82) is 0 Å². The van der Waals surface area contributed by atoms with Gasteiger partial charge in [0.1, 0.15) is 11.3 Å². The van der Waals surface area contributed by atoms with Gasteiger partial charge in [-0.05, 0) is 6.07 Å². The number of fused-ring (bicyclic) bond motifs is 1. The molecule has 1 N–H and O–H groups in total. The number of nitrogens with zero attached hydrogens (tertiary/aromatic N) is 2. The van der Waals surface area contributed by atoms with Crippen molar-refractivity contribution in [2.45, 2.75) is 0 Å². The van der Waals surface area contributed by atoms with E-state index in [4.69, 9.17) is 11.6 Å². The first-order chi connectivity index (χ1) is 6.31. The maximum atomic E-state index is 10.0. The molecule has 64 valence electrons. The van der Waals surface area contributed by atoms with Crippen LogP contribution in [-0.4, -0.2) is 16.0 Å². The van der Waals surface area contributed by atoms with E-state index in [0.29, 0.717) is 16.4 Å². The van der Waals surface area contributed by atoms with Crippen LogP contribution in [0.1, 0.15) is 0 Å². The standard InChI is InChI=1S/C8H4ClN3O/c9-5-1-6-7(12-4-13)3-11-8(6)10-2-5/h1-3H,(H,10,11). The molecule has 2 aromatic heterocycles. The number of aliphatic imine (C=N–C) groups is 1. The van der Waals surface area contributed by atoms with Crippen molar-refractivity contribution in [3.63, 3.8) is 0 Å². The minimum absolute atomic E-state index is 0.500. The lowest BCUT2D eigenvalue weighted by molar-refractivity contribution is 0.565. The Hall–Kier alpha value is -1.64. The topological polar surface area (TPSA) is 58.1 Å². The number of carbonyl (C=O) groups excluding carboxylic acids is 1. The summed E-state index contributed by atoms with van der Waals surface area (Å²) in [5, 5.41) is 1.23. The smallest absolute Gasteiger partial charge is 0.240 e. The number of rotatable bonds is 1. The summed E-state index contributed by atoms with van der Waals surface area (Å²) in [4.78, 5) is 20.4. The largest absolute Gasteiger partial charge is 0.344 e. The summed E-state index contributed by atoms with van der Waals surface area (Å²) in [6.45, 7) is 0. The minimum Gasteiger partial charge on any atom is -0.344 e. The number of halogens is 1. The van der Waals surface area contributed by atoms with E-state index >= 15 is 0 Å². The Bertz CT molecular complexity index is 499. The lowest BCUT2D eigenvalue weighted by Gasteiger charge is -1.90. The van der Waals surface area contributed by atoms with Crippen LogP contribution in [0.25, 0.3) is 11.0 Å². The molecule has 0 unspecified atom stereocenters. The van der Waals surface area contributed by atoms with Gasteiger partial charge in [0.15, 0.2) is 0 Å². The number of hydrogen-bond donors (Lipinski definition) is 1. The van der Waals surface area contributed by atoms with Gasteiger partial charge in [-0.25, -0.2) is 9.78 Å². The number of isocyanates is 1. The number of pyridine rings is 1. The van der Waals surface area contributed by atoms with Gasteiger partial charge in [-0.2, -0.15) is 4.99 Å². The van der Waals surface area contributed by atoms with Crippen molar-refractivity contribution in [1.82, 2.24) is 9.97 Å². The molecule has 0 spiro atoms. The van der Waals surface area contributed by atoms with Gasteiger partial charge in [-0.1, -0.05) is 11.6 Å². The van der Waals surface area contributed by atoms with Crippen molar-refractivity contribution < 1.29 is 4.79 Å². The van der Waals surface area contributed by atoms with Gasteiger partial charge >= 0.3 is 0 Å². The predicted molar refractivity (Wildman–Crippen MR) is 48.9 cm³/mol. The second-order valence-electron chi connectivity index (χ2n) is 2.43. The fourth-order valence-corrected chi connectivity index (χ4v) is 1.26. The van der Waals surface area contributed by atoms with Crippen molar-refractivity contribution in [3.05, 3.63) is 23.5 Å². The molecule has 2 aromatic rings. The van der Waals surface area contributed by atoms with E-state index in [0.717, 1.165) is 5.39 Å². The van der Waals surface area contributed by atoms with E-state index in [2.05, 4.69) is 15.0 Å². The van der Waals surface area contributed by atoms with Crippen LogP contribution in [0.2, 0.25) is 5.02 Å². The molecule has 0 saturated heterocycles. The molecule has 5 heteroatoms. The number of H-pyrrole nitrogens is 1. The molecule has 0 radical (unpaired) electrons. The molecule has 4 nitrogen and oxygen atoms in total. The summed E-state index contributed by atoms with van der Waals surface area (Å²) in [5.74, 6) is 0. The van der Waals surface area contributed by atoms with Crippen LogP contribution >= 0.6 is 11.6 Å². The molecule has 2 rings (SSSR count). The molecule has 0 aromatic carbocycles. The van der Waals surface area contributed by atoms with Gasteiger partial charge in [-0.3, -0.25) is 0 Å². The summed E-state index contributed by atoms with van der Waals surface area (Å²) in [5.41, 5.74) is 1.15. The van der Waals surface area contributed by atoms with Crippen LogP contribution in [0.5, 0.6) is 0 Å². The molecule has 0 aliphatic rings. The van der Waals surface area contributed by atoms with Gasteiger partial charge in [-0.15, -0.1) is 0 Å². The summed E-state index contributed by atoms with van der Waals surface area (Å²) in [6.07, 6.45) is 4.57. The molecule has 0 atom stereocenters. The molecule has 2 heterocycles. The molecule has 0 amide bonds. The number of nitrogens with one attached hydrogen (secondary N) is 1. The molecular formula is C8H4ClN3O. The summed E-state index contributed by atoms with van der Waals surface area (Å²) in [6, 6.07) is 1.69. The summed E-state index contributed by atoms with van der Waals surface area (Å²) in [7, 11) is 0. The van der Waals surface area contributed by atoms with E-state index in [1.165, 1.54) is 12.3 Å². The van der Waals surface area contributed by atoms with E-state index in [9.17, 15) is 4.79 Å². The van der Waals surface area contributed by atoms with E-state index in [1.807, 2.05) is 0 Å². The van der Waals surface area contributed by atoms with Crippen molar-refractivity contribution in [2.75, 3.05) is 0 Å². The van der Waals surface area contributed by atoms with Crippen molar-refractivity contribution >= 4 is 34.4 Å². The fourth-order valence-electron chi connectivity index (χ4n) is 1.11. The first-order valence-corrected chi connectivity index (χ1v) is 3.89. The maximum absolute atomic E-state index is 10.0. The lowest BCUT2D eigenvalue weighted by Crippen LogP contribution is -1.74. The Balaban J connectivity index is 2.78. The average molecular weight is 194 g/mol. The minimum atomic E-state index is 0.500. The second-order valence-corrected chi connectivity index (χ2v) is 2.86. The first-order valence-electron chi connectivity index (χ1n) is 3.52. The highest BCUT2D eigenvalue weighted by Crippen LogP contribution is 2.25. The third-order valence-electron chi connectivity index (χ3n) is 1.64. The quantitative estimate of drug-likeness (QED) is 0.558. The van der Waals surface area contributed by atoms with Crippen LogP contribution in [0, 0.1) is 0 Å². The lowest BCUT2D eigenvalue weighted by atomic mass is 10.3. The molecule has 13 heavy (non-hydrogen) atoms. The first kappa shape index (κ1) is 7.98. The number of aromatic amines is 1. The van der Waals surface area contributed by atoms with E-state index in [1.54, 1.807) is 12.3 Å². The highest BCUT2D eigenvalue weighted by molar-refractivity contribution is 6.31. The van der Waals surface area contributed by atoms with Crippen LogP contribution < -0.4 is 0 Å². The molecule has 0 saturated carbocycles. The Morgan fingerprint density at radius 3 is 3.23 bits per heavy atom. The molecular weight excluding hydrogens is 190 g/mol. The molecule has 0 bridgehead atoms. The number of hydrogen-bond acceptors (Lipinski definition) is 3. The highest BCUT2D eigenvalue weighted by Gasteiger charge is 2.03. The highest BCUT2D eigenvalue weighted by atomic mass is 35.5. The Labute approximate surface area is 78.3 Å². The Morgan fingerprint density at radius 1 is 1.62 bits per heavy atom. The second kappa shape index (κ2) is 3.01. The average Bonchev–Trinajstić information content (AvgIpc) is 2.49. The van der Waals surface area contributed by atoms with Crippen molar-refractivity contribution in [2.24, 2.45) is 4.99 Å².